The van der Waals surface area contributed by atoms with Gasteiger partial charge in [-0.3, -0.25) is 4.90 Å². The van der Waals surface area contributed by atoms with Gasteiger partial charge in [-0.15, -0.1) is 0 Å². The summed E-state index contributed by atoms with van der Waals surface area (Å²) in [4.78, 5) is 13.4. The lowest BCUT2D eigenvalue weighted by atomic mass is 9.85. The number of carbonyl (C=O) groups is 1. The summed E-state index contributed by atoms with van der Waals surface area (Å²) >= 11 is 0. The molecule has 2 aromatic rings. The van der Waals surface area contributed by atoms with E-state index in [9.17, 15) is 31.1 Å². The van der Waals surface area contributed by atoms with Crippen LogP contribution in [-0.2, 0) is 21.8 Å². The fourth-order valence-electron chi connectivity index (χ4n) is 4.80. The van der Waals surface area contributed by atoms with Crippen molar-refractivity contribution < 1.29 is 40.6 Å². The number of rotatable bonds is 5. The minimum absolute atomic E-state index is 0.181. The van der Waals surface area contributed by atoms with Crippen LogP contribution in [0.25, 0.3) is 0 Å². The summed E-state index contributed by atoms with van der Waals surface area (Å²) in [7, 11) is 1.38. The summed E-state index contributed by atoms with van der Waals surface area (Å²) in [6, 6.07) is 9.12. The molecule has 2 aliphatic heterocycles. The zero-order chi connectivity index (χ0) is 25.4. The molecule has 2 saturated heterocycles. The topological polar surface area (TPSA) is 50.8 Å². The Balaban J connectivity index is 1.72. The van der Waals surface area contributed by atoms with Crippen LogP contribution in [0.1, 0.15) is 41.0 Å². The molecule has 0 bridgehead atoms. The number of nitrogens with zero attached hydrogens (tertiary/aromatic N) is 1. The van der Waals surface area contributed by atoms with Gasteiger partial charge >= 0.3 is 18.4 Å². The predicted molar refractivity (Wildman–Crippen MR) is 114 cm³/mol. The lowest BCUT2D eigenvalue weighted by molar-refractivity contribution is -0.138. The third-order valence-corrected chi connectivity index (χ3v) is 6.61. The van der Waals surface area contributed by atoms with Gasteiger partial charge in [0.25, 0.3) is 0 Å². The number of nitrogens with one attached hydrogen (secondary N) is 1. The van der Waals surface area contributed by atoms with Crippen LogP contribution < -0.4 is 5.32 Å². The van der Waals surface area contributed by atoms with Crippen LogP contribution in [0.15, 0.2) is 48.5 Å². The van der Waals surface area contributed by atoms with Crippen LogP contribution in [0.5, 0.6) is 0 Å². The van der Waals surface area contributed by atoms with Gasteiger partial charge in [-0.2, -0.15) is 26.3 Å². The number of halogens is 6. The molecule has 35 heavy (non-hydrogen) atoms. The zero-order valence-electron chi connectivity index (χ0n) is 18.7. The predicted octanol–water partition coefficient (Wildman–Crippen LogP) is 5.40. The number of hydrogen-bond acceptors (Lipinski definition) is 4. The zero-order valence-corrected chi connectivity index (χ0v) is 18.7. The van der Waals surface area contributed by atoms with Crippen molar-refractivity contribution in [1.29, 1.82) is 0 Å². The van der Waals surface area contributed by atoms with E-state index in [0.717, 1.165) is 24.3 Å². The molecule has 1 unspecified atom stereocenters. The van der Waals surface area contributed by atoms with Crippen molar-refractivity contribution in [3.05, 3.63) is 70.8 Å². The molecule has 0 aromatic heterocycles. The van der Waals surface area contributed by atoms with Crippen molar-refractivity contribution in [2.45, 2.75) is 42.9 Å². The molecule has 0 saturated carbocycles. The van der Waals surface area contributed by atoms with Gasteiger partial charge in [0.05, 0.1) is 17.7 Å². The molecule has 0 radical (unpaired) electrons. The number of ether oxygens (including phenoxy) is 2. The second-order valence-corrected chi connectivity index (χ2v) is 8.81. The standard InChI is InChI=1S/C24H24F6N2O3/c1-34-20(32-10-8-22(9-11-32)14-31-21(33)35-22)19(15-4-2-6-17(12-15)23(25,26)27)16-5-3-7-18(13-16)24(28,29)30/h2-7,12-13,19-20H,8-11,14H2,1H3,(H,31,33). The number of amides is 1. The number of alkyl carbamates (subject to hydrolysis) is 1. The first-order valence-electron chi connectivity index (χ1n) is 11.0. The van der Waals surface area contributed by atoms with Crippen LogP contribution in [0.3, 0.4) is 0 Å². The molecule has 190 valence electrons. The molecule has 1 atom stereocenters. The van der Waals surface area contributed by atoms with Crippen molar-refractivity contribution in [2.75, 3.05) is 26.7 Å². The van der Waals surface area contributed by atoms with Crippen molar-refractivity contribution in [3.63, 3.8) is 0 Å². The van der Waals surface area contributed by atoms with E-state index < -0.39 is 47.3 Å². The number of carbonyl (C=O) groups excluding carboxylic acids is 1. The fourth-order valence-corrected chi connectivity index (χ4v) is 4.80. The Kier molecular flexibility index (Phi) is 6.76. The van der Waals surface area contributed by atoms with E-state index in [4.69, 9.17) is 9.47 Å². The summed E-state index contributed by atoms with van der Waals surface area (Å²) in [5, 5.41) is 2.63. The minimum Gasteiger partial charge on any atom is -0.441 e. The number of piperidine rings is 1. The molecule has 0 aliphatic carbocycles. The van der Waals surface area contributed by atoms with Gasteiger partial charge in [0.2, 0.25) is 0 Å². The lowest BCUT2D eigenvalue weighted by Gasteiger charge is -2.43. The van der Waals surface area contributed by atoms with E-state index in [0.29, 0.717) is 32.5 Å². The first-order valence-corrected chi connectivity index (χ1v) is 11.0. The van der Waals surface area contributed by atoms with Crippen LogP contribution in [0, 0.1) is 0 Å². The Morgan fingerprint density at radius 3 is 1.86 bits per heavy atom. The number of alkyl halides is 6. The van der Waals surface area contributed by atoms with E-state index in [1.165, 1.54) is 31.4 Å². The lowest BCUT2D eigenvalue weighted by Crippen LogP contribution is -2.52. The van der Waals surface area contributed by atoms with Gasteiger partial charge in [-0.1, -0.05) is 36.4 Å². The first kappa shape index (κ1) is 25.3. The van der Waals surface area contributed by atoms with Crippen molar-refractivity contribution in [3.8, 4) is 0 Å². The highest BCUT2D eigenvalue weighted by Gasteiger charge is 2.45. The number of benzene rings is 2. The summed E-state index contributed by atoms with van der Waals surface area (Å²) < 4.78 is 91.9. The second kappa shape index (κ2) is 9.34. The summed E-state index contributed by atoms with van der Waals surface area (Å²) in [5.41, 5.74) is -2.11. The Morgan fingerprint density at radius 2 is 1.46 bits per heavy atom. The Hall–Kier alpha value is -2.79. The smallest absolute Gasteiger partial charge is 0.416 e. The summed E-state index contributed by atoms with van der Waals surface area (Å²) in [6.07, 6.45) is -9.70. The molecule has 2 heterocycles. The highest BCUT2D eigenvalue weighted by Crippen LogP contribution is 2.40. The van der Waals surface area contributed by atoms with Gasteiger partial charge in [-0.05, 0) is 23.3 Å². The Morgan fingerprint density at radius 1 is 0.943 bits per heavy atom. The highest BCUT2D eigenvalue weighted by molar-refractivity contribution is 5.70. The molecule has 2 fully saturated rings. The number of hydrogen-bond donors (Lipinski definition) is 1. The molecular formula is C24H24F6N2O3. The molecule has 11 heteroatoms. The highest BCUT2D eigenvalue weighted by atomic mass is 19.4. The van der Waals surface area contributed by atoms with Gasteiger partial charge in [0.15, 0.2) is 0 Å². The quantitative estimate of drug-likeness (QED) is 0.557. The van der Waals surface area contributed by atoms with Crippen LogP contribution in [0.4, 0.5) is 31.1 Å². The van der Waals surface area contributed by atoms with E-state index in [-0.39, 0.29) is 11.1 Å². The average Bonchev–Trinajstić information content (AvgIpc) is 3.17. The molecule has 4 rings (SSSR count). The number of likely N-dealkylation sites (tertiary alicyclic amines) is 1. The van der Waals surface area contributed by atoms with Gasteiger partial charge in [-0.25, -0.2) is 4.79 Å². The maximum atomic E-state index is 13.5. The first-order chi connectivity index (χ1) is 16.4. The van der Waals surface area contributed by atoms with E-state index >= 15 is 0 Å². The summed E-state index contributed by atoms with van der Waals surface area (Å²) in [6.45, 7) is 1.10. The third-order valence-electron chi connectivity index (χ3n) is 6.61. The molecule has 5 nitrogen and oxygen atoms in total. The third kappa shape index (κ3) is 5.40. The van der Waals surface area contributed by atoms with E-state index in [1.807, 2.05) is 4.90 Å². The SMILES string of the molecule is COC(C(c1cccc(C(F)(F)F)c1)c1cccc(C(F)(F)F)c1)N1CCC2(CC1)CNC(=O)O2. The Bertz CT molecular complexity index is 1010. The fraction of sp³-hybridized carbons (Fsp3) is 0.458. The summed E-state index contributed by atoms with van der Waals surface area (Å²) in [5.74, 6) is -0.942. The van der Waals surface area contributed by atoms with Crippen molar-refractivity contribution in [1.82, 2.24) is 10.2 Å². The molecule has 1 amide bonds. The molecule has 1 N–H and O–H groups in total. The average molecular weight is 502 g/mol. The molecule has 2 aromatic carbocycles. The molecule has 1 spiro atoms. The normalized spacial score (nSPS) is 19.6. The molecule has 2 aliphatic rings. The largest absolute Gasteiger partial charge is 0.441 e. The molecular weight excluding hydrogens is 478 g/mol. The van der Waals surface area contributed by atoms with E-state index in [1.54, 1.807) is 0 Å². The van der Waals surface area contributed by atoms with Crippen LogP contribution in [-0.4, -0.2) is 49.6 Å². The van der Waals surface area contributed by atoms with Crippen LogP contribution >= 0.6 is 0 Å². The van der Waals surface area contributed by atoms with E-state index in [2.05, 4.69) is 5.32 Å². The maximum Gasteiger partial charge on any atom is 0.416 e. The van der Waals surface area contributed by atoms with Crippen molar-refractivity contribution in [2.24, 2.45) is 0 Å². The van der Waals surface area contributed by atoms with Gasteiger partial charge in [0.1, 0.15) is 11.8 Å². The van der Waals surface area contributed by atoms with Crippen LogP contribution in [0.2, 0.25) is 0 Å². The second-order valence-electron chi connectivity index (χ2n) is 8.81. The maximum absolute atomic E-state index is 13.5. The minimum atomic E-state index is -4.62. The van der Waals surface area contributed by atoms with Gasteiger partial charge < -0.3 is 14.8 Å². The Labute approximate surface area is 198 Å². The monoisotopic (exact) mass is 502 g/mol. The number of methoxy groups -OCH3 is 1. The van der Waals surface area contributed by atoms with Gasteiger partial charge in [0, 0.05) is 39.0 Å². The van der Waals surface area contributed by atoms with Crippen molar-refractivity contribution >= 4 is 6.09 Å².